The number of likely N-dealkylation sites (tertiary alicyclic amines) is 1. The van der Waals surface area contributed by atoms with Gasteiger partial charge in [0.05, 0.1) is 12.3 Å². The Balaban J connectivity index is 1.62. The summed E-state index contributed by atoms with van der Waals surface area (Å²) in [5.74, 6) is 0.142. The molecule has 3 atom stereocenters. The van der Waals surface area contributed by atoms with Crippen LogP contribution in [0.4, 0.5) is 4.39 Å². The summed E-state index contributed by atoms with van der Waals surface area (Å²) in [6, 6.07) is 11.6. The van der Waals surface area contributed by atoms with E-state index in [4.69, 9.17) is 0 Å². The first kappa shape index (κ1) is 19.3. The fourth-order valence-electron chi connectivity index (χ4n) is 4.61. The van der Waals surface area contributed by atoms with Crippen molar-refractivity contribution in [2.75, 3.05) is 25.9 Å². The zero-order valence-electron chi connectivity index (χ0n) is 15.7. The minimum Gasteiger partial charge on any atom is -0.308 e. The fraction of sp³-hybridized carbons (Fsp3) is 0.450. The normalized spacial score (nSPS) is 24.7. The van der Waals surface area contributed by atoms with Crippen LogP contribution in [-0.2, 0) is 16.6 Å². The van der Waals surface area contributed by atoms with E-state index in [2.05, 4.69) is 9.62 Å². The highest BCUT2D eigenvalue weighted by Crippen LogP contribution is 2.41. The van der Waals surface area contributed by atoms with Crippen LogP contribution in [0, 0.1) is 11.7 Å². The second-order valence-electron chi connectivity index (χ2n) is 7.86. The molecule has 2 aliphatic heterocycles. The summed E-state index contributed by atoms with van der Waals surface area (Å²) in [5, 5.41) is 0. The average molecular weight is 405 g/mol. The average Bonchev–Trinajstić information content (AvgIpc) is 2.63. The second-order valence-corrected chi connectivity index (χ2v) is 9.69. The summed E-state index contributed by atoms with van der Waals surface area (Å²) in [6.07, 6.45) is 2.06. The molecule has 28 heavy (non-hydrogen) atoms. The zero-order chi connectivity index (χ0) is 19.9. The maximum absolute atomic E-state index is 13.2. The van der Waals surface area contributed by atoms with Crippen molar-refractivity contribution >= 4 is 10.0 Å². The highest BCUT2D eigenvalue weighted by molar-refractivity contribution is 7.88. The molecule has 2 aromatic rings. The lowest BCUT2D eigenvalue weighted by atomic mass is 9.78. The molecular weight excluding hydrogens is 381 g/mol. The van der Waals surface area contributed by atoms with E-state index in [0.717, 1.165) is 37.0 Å². The van der Waals surface area contributed by atoms with E-state index in [1.54, 1.807) is 22.8 Å². The molecule has 1 aromatic carbocycles. The summed E-state index contributed by atoms with van der Waals surface area (Å²) < 4.78 is 40.8. The predicted molar refractivity (Wildman–Crippen MR) is 105 cm³/mol. The quantitative estimate of drug-likeness (QED) is 0.822. The minimum atomic E-state index is -3.35. The number of halogens is 1. The van der Waals surface area contributed by atoms with Crippen molar-refractivity contribution in [1.29, 1.82) is 0 Å². The topological polar surface area (TPSA) is 71.4 Å². The first-order chi connectivity index (χ1) is 13.3. The lowest BCUT2D eigenvalue weighted by molar-refractivity contribution is 0.0869. The van der Waals surface area contributed by atoms with Crippen molar-refractivity contribution < 1.29 is 12.8 Å². The summed E-state index contributed by atoms with van der Waals surface area (Å²) in [7, 11) is -3.35. The second kappa shape index (κ2) is 7.42. The van der Waals surface area contributed by atoms with Gasteiger partial charge in [0, 0.05) is 43.9 Å². The van der Waals surface area contributed by atoms with Gasteiger partial charge in [-0.3, -0.25) is 9.69 Å². The fourth-order valence-corrected chi connectivity index (χ4v) is 5.09. The van der Waals surface area contributed by atoms with E-state index in [9.17, 15) is 17.6 Å². The number of pyridine rings is 1. The van der Waals surface area contributed by atoms with Crippen LogP contribution in [0.5, 0.6) is 0 Å². The SMILES string of the molecule is CS(=O)(=O)NC[C@H]1[C@H]2C[C@H](CN(Cc3ccc(F)cc3)C2)c2cccc(=O)n21. The van der Waals surface area contributed by atoms with Gasteiger partial charge >= 0.3 is 0 Å². The maximum Gasteiger partial charge on any atom is 0.251 e. The molecule has 0 amide bonds. The van der Waals surface area contributed by atoms with Crippen molar-refractivity contribution in [3.63, 3.8) is 0 Å². The van der Waals surface area contributed by atoms with Crippen LogP contribution >= 0.6 is 0 Å². The smallest absolute Gasteiger partial charge is 0.251 e. The molecular formula is C20H24FN3O3S. The number of nitrogens with one attached hydrogen (secondary N) is 1. The summed E-state index contributed by atoms with van der Waals surface area (Å²) in [6.45, 7) is 2.50. The van der Waals surface area contributed by atoms with Crippen molar-refractivity contribution in [3.05, 3.63) is 69.9 Å². The van der Waals surface area contributed by atoms with Crippen molar-refractivity contribution in [2.24, 2.45) is 5.92 Å². The van der Waals surface area contributed by atoms with Gasteiger partial charge in [-0.2, -0.15) is 0 Å². The number of hydrogen-bond donors (Lipinski definition) is 1. The number of piperidine rings is 1. The van der Waals surface area contributed by atoms with E-state index in [1.165, 1.54) is 18.2 Å². The Morgan fingerprint density at radius 3 is 2.61 bits per heavy atom. The van der Waals surface area contributed by atoms with Crippen LogP contribution in [-0.4, -0.2) is 43.8 Å². The lowest BCUT2D eigenvalue weighted by Gasteiger charge is -2.47. The van der Waals surface area contributed by atoms with E-state index in [-0.39, 0.29) is 35.8 Å². The van der Waals surface area contributed by atoms with Crippen LogP contribution in [0.2, 0.25) is 0 Å². The molecule has 1 aromatic heterocycles. The Labute approximate surface area is 164 Å². The predicted octanol–water partition coefficient (Wildman–Crippen LogP) is 1.70. The van der Waals surface area contributed by atoms with Crippen LogP contribution < -0.4 is 10.3 Å². The molecule has 8 heteroatoms. The molecule has 0 saturated carbocycles. The van der Waals surface area contributed by atoms with Crippen molar-refractivity contribution in [1.82, 2.24) is 14.2 Å². The molecule has 3 heterocycles. The molecule has 150 valence electrons. The van der Waals surface area contributed by atoms with Gasteiger partial charge < -0.3 is 4.57 Å². The molecule has 6 nitrogen and oxygen atoms in total. The maximum atomic E-state index is 13.2. The third-order valence-electron chi connectivity index (χ3n) is 5.75. The van der Waals surface area contributed by atoms with Crippen LogP contribution in [0.3, 0.4) is 0 Å². The van der Waals surface area contributed by atoms with E-state index in [1.807, 2.05) is 6.07 Å². The molecule has 2 bridgehead atoms. The molecule has 0 unspecified atom stereocenters. The lowest BCUT2D eigenvalue weighted by Crippen LogP contribution is -2.51. The van der Waals surface area contributed by atoms with Gasteiger partial charge in [0.25, 0.3) is 5.56 Å². The number of aromatic nitrogens is 1. The molecule has 0 radical (unpaired) electrons. The number of benzene rings is 1. The Morgan fingerprint density at radius 2 is 1.89 bits per heavy atom. The van der Waals surface area contributed by atoms with Crippen molar-refractivity contribution in [3.8, 4) is 0 Å². The largest absolute Gasteiger partial charge is 0.308 e. The van der Waals surface area contributed by atoms with Crippen LogP contribution in [0.25, 0.3) is 0 Å². The van der Waals surface area contributed by atoms with Crippen LogP contribution in [0.1, 0.15) is 29.6 Å². The highest BCUT2D eigenvalue weighted by Gasteiger charge is 2.40. The summed E-state index contributed by atoms with van der Waals surface area (Å²) >= 11 is 0. The standard InChI is InChI=1S/C20H24FN3O3S/c1-28(26,27)22-10-19-16-9-15(18-3-2-4-20(25)24(18)19)12-23(13-16)11-14-5-7-17(21)8-6-14/h2-8,15-16,19,22H,9-13H2,1H3/t15-,16+,19+/m1/s1. The zero-order valence-corrected chi connectivity index (χ0v) is 16.5. The molecule has 1 saturated heterocycles. The van der Waals surface area contributed by atoms with Gasteiger partial charge in [0.2, 0.25) is 10.0 Å². The Hall–Kier alpha value is -2.03. The number of nitrogens with zero attached hydrogens (tertiary/aromatic N) is 2. The van der Waals surface area contributed by atoms with Gasteiger partial charge in [-0.25, -0.2) is 17.5 Å². The first-order valence-electron chi connectivity index (χ1n) is 9.43. The number of fused-ring (bicyclic) bond motifs is 4. The Morgan fingerprint density at radius 1 is 1.14 bits per heavy atom. The van der Waals surface area contributed by atoms with E-state index < -0.39 is 10.0 Å². The molecule has 0 aliphatic carbocycles. The molecule has 1 N–H and O–H groups in total. The summed E-state index contributed by atoms with van der Waals surface area (Å²) in [4.78, 5) is 14.9. The molecule has 0 spiro atoms. The van der Waals surface area contributed by atoms with Crippen LogP contribution in [0.15, 0.2) is 47.3 Å². The van der Waals surface area contributed by atoms with Gasteiger partial charge in [-0.1, -0.05) is 18.2 Å². The van der Waals surface area contributed by atoms with Gasteiger partial charge in [0.1, 0.15) is 5.82 Å². The monoisotopic (exact) mass is 405 g/mol. The van der Waals surface area contributed by atoms with E-state index >= 15 is 0 Å². The first-order valence-corrected chi connectivity index (χ1v) is 11.3. The van der Waals surface area contributed by atoms with Gasteiger partial charge in [-0.05, 0) is 36.1 Å². The Bertz CT molecular complexity index is 1020. The highest BCUT2D eigenvalue weighted by atomic mass is 32.2. The third-order valence-corrected chi connectivity index (χ3v) is 6.44. The third kappa shape index (κ3) is 4.04. The Kier molecular flexibility index (Phi) is 5.11. The summed E-state index contributed by atoms with van der Waals surface area (Å²) in [5.41, 5.74) is 1.92. The van der Waals surface area contributed by atoms with Gasteiger partial charge in [0.15, 0.2) is 0 Å². The number of hydrogen-bond acceptors (Lipinski definition) is 4. The van der Waals surface area contributed by atoms with Crippen molar-refractivity contribution in [2.45, 2.75) is 24.9 Å². The van der Waals surface area contributed by atoms with E-state index in [0.29, 0.717) is 6.54 Å². The number of sulfonamides is 1. The molecule has 1 fully saturated rings. The number of rotatable bonds is 5. The molecule has 4 rings (SSSR count). The minimum absolute atomic E-state index is 0.0838. The van der Waals surface area contributed by atoms with Gasteiger partial charge in [-0.15, -0.1) is 0 Å². The molecule has 2 aliphatic rings.